The summed E-state index contributed by atoms with van der Waals surface area (Å²) in [7, 11) is 0. The standard InChI is InChI=1S/C15H32/c1-9-13(4)10-14(5,6)11-15(7,8)12(2)3/h12-13H,9-11H2,1-8H3. The summed E-state index contributed by atoms with van der Waals surface area (Å²) >= 11 is 0. The smallest absolute Gasteiger partial charge is 0.0326 e. The maximum Gasteiger partial charge on any atom is -0.0326 e. The maximum absolute atomic E-state index is 2.43. The fraction of sp³-hybridized carbons (Fsp3) is 1.00. The molecule has 0 saturated heterocycles. The molecule has 92 valence electrons. The molecular formula is C15H32. The van der Waals surface area contributed by atoms with Crippen LogP contribution in [0.3, 0.4) is 0 Å². The maximum atomic E-state index is 2.43. The Morgan fingerprint density at radius 1 is 0.933 bits per heavy atom. The van der Waals surface area contributed by atoms with Crippen molar-refractivity contribution in [2.75, 3.05) is 0 Å². The summed E-state index contributed by atoms with van der Waals surface area (Å²) in [5.74, 6) is 1.64. The van der Waals surface area contributed by atoms with Gasteiger partial charge in [0.15, 0.2) is 0 Å². The highest BCUT2D eigenvalue weighted by Gasteiger charge is 2.31. The van der Waals surface area contributed by atoms with Crippen LogP contribution in [0.1, 0.15) is 74.7 Å². The van der Waals surface area contributed by atoms with Crippen molar-refractivity contribution in [3.63, 3.8) is 0 Å². The van der Waals surface area contributed by atoms with Gasteiger partial charge in [0.1, 0.15) is 0 Å². The lowest BCUT2D eigenvalue weighted by Gasteiger charge is -2.39. The van der Waals surface area contributed by atoms with E-state index in [-0.39, 0.29) is 0 Å². The van der Waals surface area contributed by atoms with Gasteiger partial charge in [0, 0.05) is 0 Å². The molecule has 0 aliphatic heterocycles. The van der Waals surface area contributed by atoms with E-state index in [2.05, 4.69) is 55.4 Å². The molecule has 0 radical (unpaired) electrons. The summed E-state index contributed by atoms with van der Waals surface area (Å²) in [5.41, 5.74) is 0.958. The molecule has 0 nitrogen and oxygen atoms in total. The van der Waals surface area contributed by atoms with Crippen LogP contribution in [-0.2, 0) is 0 Å². The minimum absolute atomic E-state index is 0.469. The average Bonchev–Trinajstić information content (AvgIpc) is 2.00. The third kappa shape index (κ3) is 5.58. The molecule has 0 bridgehead atoms. The molecular weight excluding hydrogens is 180 g/mol. The van der Waals surface area contributed by atoms with Crippen molar-refractivity contribution in [3.8, 4) is 0 Å². The van der Waals surface area contributed by atoms with Gasteiger partial charge in [-0.1, -0.05) is 61.8 Å². The van der Waals surface area contributed by atoms with Gasteiger partial charge in [-0.05, 0) is 35.5 Å². The van der Waals surface area contributed by atoms with E-state index in [1.54, 1.807) is 0 Å². The van der Waals surface area contributed by atoms with E-state index in [4.69, 9.17) is 0 Å². The number of hydrogen-bond donors (Lipinski definition) is 0. The topological polar surface area (TPSA) is 0 Å². The zero-order chi connectivity index (χ0) is 12.3. The van der Waals surface area contributed by atoms with Gasteiger partial charge in [-0.25, -0.2) is 0 Å². The van der Waals surface area contributed by atoms with Gasteiger partial charge in [-0.15, -0.1) is 0 Å². The summed E-state index contributed by atoms with van der Waals surface area (Å²) < 4.78 is 0. The first kappa shape index (κ1) is 15.0. The van der Waals surface area contributed by atoms with Crippen LogP contribution >= 0.6 is 0 Å². The fourth-order valence-corrected chi connectivity index (χ4v) is 2.60. The molecule has 0 aromatic heterocycles. The first-order valence-electron chi connectivity index (χ1n) is 6.60. The van der Waals surface area contributed by atoms with Gasteiger partial charge < -0.3 is 0 Å². The van der Waals surface area contributed by atoms with Crippen LogP contribution in [0.25, 0.3) is 0 Å². The first-order chi connectivity index (χ1) is 6.60. The Morgan fingerprint density at radius 2 is 1.40 bits per heavy atom. The Balaban J connectivity index is 4.36. The lowest BCUT2D eigenvalue weighted by Crippen LogP contribution is -2.28. The van der Waals surface area contributed by atoms with E-state index in [9.17, 15) is 0 Å². The zero-order valence-electron chi connectivity index (χ0n) is 12.3. The second-order valence-corrected chi connectivity index (χ2v) is 7.20. The second kappa shape index (κ2) is 5.37. The Morgan fingerprint density at radius 3 is 1.73 bits per heavy atom. The fourth-order valence-electron chi connectivity index (χ4n) is 2.60. The number of hydrogen-bond acceptors (Lipinski definition) is 0. The SMILES string of the molecule is CCC(C)CC(C)(C)CC(C)(C)C(C)C. The highest BCUT2D eigenvalue weighted by atomic mass is 14.4. The predicted octanol–water partition coefficient (Wildman–Crippen LogP) is 5.52. The highest BCUT2D eigenvalue weighted by molar-refractivity contribution is 4.82. The molecule has 0 rings (SSSR count). The van der Waals surface area contributed by atoms with Crippen LogP contribution < -0.4 is 0 Å². The van der Waals surface area contributed by atoms with E-state index >= 15 is 0 Å². The molecule has 0 amide bonds. The molecule has 1 unspecified atom stereocenters. The third-order valence-corrected chi connectivity index (χ3v) is 4.10. The van der Waals surface area contributed by atoms with Crippen molar-refractivity contribution >= 4 is 0 Å². The third-order valence-electron chi connectivity index (χ3n) is 4.10. The quantitative estimate of drug-likeness (QED) is 0.543. The summed E-state index contributed by atoms with van der Waals surface area (Å²) in [6.07, 6.45) is 4.01. The largest absolute Gasteiger partial charge is 0.0651 e. The van der Waals surface area contributed by atoms with Gasteiger partial charge >= 0.3 is 0 Å². The second-order valence-electron chi connectivity index (χ2n) is 7.20. The first-order valence-corrected chi connectivity index (χ1v) is 6.60. The van der Waals surface area contributed by atoms with Crippen LogP contribution in [0, 0.1) is 22.7 Å². The molecule has 0 N–H and O–H groups in total. The van der Waals surface area contributed by atoms with E-state index in [0.717, 1.165) is 11.8 Å². The molecule has 0 aliphatic rings. The average molecular weight is 212 g/mol. The van der Waals surface area contributed by atoms with Gasteiger partial charge in [0.05, 0.1) is 0 Å². The van der Waals surface area contributed by atoms with Crippen LogP contribution in [0.4, 0.5) is 0 Å². The van der Waals surface area contributed by atoms with Crippen molar-refractivity contribution < 1.29 is 0 Å². The van der Waals surface area contributed by atoms with Crippen LogP contribution in [-0.4, -0.2) is 0 Å². The Labute approximate surface area is 97.8 Å². The minimum Gasteiger partial charge on any atom is -0.0651 e. The molecule has 15 heavy (non-hydrogen) atoms. The number of rotatable bonds is 6. The predicted molar refractivity (Wildman–Crippen MR) is 71.1 cm³/mol. The van der Waals surface area contributed by atoms with Crippen LogP contribution in [0.15, 0.2) is 0 Å². The van der Waals surface area contributed by atoms with Gasteiger partial charge in [-0.2, -0.15) is 0 Å². The van der Waals surface area contributed by atoms with Gasteiger partial charge in [0.25, 0.3) is 0 Å². The van der Waals surface area contributed by atoms with Crippen LogP contribution in [0.5, 0.6) is 0 Å². The van der Waals surface area contributed by atoms with Crippen molar-refractivity contribution in [3.05, 3.63) is 0 Å². The lowest BCUT2D eigenvalue weighted by molar-refractivity contribution is 0.118. The Kier molecular flexibility index (Phi) is 5.37. The molecule has 0 fully saturated rings. The molecule has 0 aliphatic carbocycles. The van der Waals surface area contributed by atoms with E-state index in [1.807, 2.05) is 0 Å². The summed E-state index contributed by atoms with van der Waals surface area (Å²) in [5, 5.41) is 0. The molecule has 0 spiro atoms. The molecule has 0 saturated carbocycles. The van der Waals surface area contributed by atoms with Crippen molar-refractivity contribution in [2.45, 2.75) is 74.7 Å². The normalized spacial score (nSPS) is 15.8. The summed E-state index contributed by atoms with van der Waals surface area (Å²) in [6.45, 7) is 19.1. The van der Waals surface area contributed by atoms with Gasteiger partial charge in [-0.3, -0.25) is 0 Å². The van der Waals surface area contributed by atoms with E-state index < -0.39 is 0 Å². The van der Waals surface area contributed by atoms with Crippen LogP contribution in [0.2, 0.25) is 0 Å². The minimum atomic E-state index is 0.469. The summed E-state index contributed by atoms with van der Waals surface area (Å²) in [4.78, 5) is 0. The van der Waals surface area contributed by atoms with Crippen molar-refractivity contribution in [2.24, 2.45) is 22.7 Å². The van der Waals surface area contributed by atoms with Gasteiger partial charge in [0.2, 0.25) is 0 Å². The monoisotopic (exact) mass is 212 g/mol. The summed E-state index contributed by atoms with van der Waals surface area (Å²) in [6, 6.07) is 0. The zero-order valence-corrected chi connectivity index (χ0v) is 12.3. The molecule has 0 heteroatoms. The Bertz CT molecular complexity index is 174. The van der Waals surface area contributed by atoms with E-state index in [1.165, 1.54) is 19.3 Å². The lowest BCUT2D eigenvalue weighted by atomic mass is 9.67. The van der Waals surface area contributed by atoms with Crippen molar-refractivity contribution in [1.82, 2.24) is 0 Å². The molecule has 0 heterocycles. The highest BCUT2D eigenvalue weighted by Crippen LogP contribution is 2.42. The van der Waals surface area contributed by atoms with Crippen molar-refractivity contribution in [1.29, 1.82) is 0 Å². The Hall–Kier alpha value is 0. The molecule has 1 atom stereocenters. The molecule has 0 aromatic rings. The van der Waals surface area contributed by atoms with E-state index in [0.29, 0.717) is 10.8 Å². The molecule has 0 aromatic carbocycles.